The molecular weight excluding hydrogens is 435 g/mol. The molecule has 1 fully saturated rings. The SMILES string of the molecule is O=C(CSc1nnc(-c2ccc3c(c2)OCO3)n1CC1CCCO1)Nc1ccc(F)cc1. The van der Waals surface area contributed by atoms with E-state index in [0.717, 1.165) is 25.0 Å². The number of nitrogens with one attached hydrogen (secondary N) is 1. The Morgan fingerprint density at radius 1 is 1.16 bits per heavy atom. The van der Waals surface area contributed by atoms with Gasteiger partial charge in [0.1, 0.15) is 5.82 Å². The number of anilines is 1. The highest BCUT2D eigenvalue weighted by Gasteiger charge is 2.23. The molecule has 1 N–H and O–H groups in total. The Balaban J connectivity index is 1.34. The van der Waals surface area contributed by atoms with Gasteiger partial charge in [-0.1, -0.05) is 11.8 Å². The minimum absolute atomic E-state index is 0.0751. The molecule has 0 saturated carbocycles. The largest absolute Gasteiger partial charge is 0.454 e. The lowest BCUT2D eigenvalue weighted by Crippen LogP contribution is -2.18. The second-order valence-corrected chi connectivity index (χ2v) is 8.41. The molecule has 1 saturated heterocycles. The van der Waals surface area contributed by atoms with Gasteiger partial charge in [-0.2, -0.15) is 0 Å². The van der Waals surface area contributed by atoms with Gasteiger partial charge >= 0.3 is 0 Å². The number of hydrogen-bond acceptors (Lipinski definition) is 7. The van der Waals surface area contributed by atoms with Crippen LogP contribution in [0, 0.1) is 5.82 Å². The van der Waals surface area contributed by atoms with Crippen LogP contribution in [0.5, 0.6) is 11.5 Å². The average molecular weight is 456 g/mol. The summed E-state index contributed by atoms with van der Waals surface area (Å²) < 4.78 is 31.8. The van der Waals surface area contributed by atoms with Crippen molar-refractivity contribution >= 4 is 23.4 Å². The van der Waals surface area contributed by atoms with Crippen molar-refractivity contribution in [2.75, 3.05) is 24.5 Å². The molecule has 0 bridgehead atoms. The summed E-state index contributed by atoms with van der Waals surface area (Å²) in [6.45, 7) is 1.54. The van der Waals surface area contributed by atoms with Gasteiger partial charge in [-0.3, -0.25) is 9.36 Å². The topological polar surface area (TPSA) is 87.5 Å². The highest BCUT2D eigenvalue weighted by molar-refractivity contribution is 7.99. The van der Waals surface area contributed by atoms with E-state index in [0.29, 0.717) is 34.7 Å². The summed E-state index contributed by atoms with van der Waals surface area (Å²) in [6.07, 6.45) is 2.06. The van der Waals surface area contributed by atoms with Gasteiger partial charge in [0.25, 0.3) is 0 Å². The Kier molecular flexibility index (Phi) is 5.95. The summed E-state index contributed by atoms with van der Waals surface area (Å²) in [5.41, 5.74) is 1.39. The third-order valence-corrected chi connectivity index (χ3v) is 6.18. The summed E-state index contributed by atoms with van der Waals surface area (Å²) >= 11 is 1.29. The van der Waals surface area contributed by atoms with Crippen molar-refractivity contribution in [1.29, 1.82) is 0 Å². The molecule has 2 aliphatic heterocycles. The molecule has 1 atom stereocenters. The number of rotatable bonds is 7. The third-order valence-electron chi connectivity index (χ3n) is 5.22. The van der Waals surface area contributed by atoms with Gasteiger partial charge in [0.05, 0.1) is 18.4 Å². The van der Waals surface area contributed by atoms with E-state index >= 15 is 0 Å². The van der Waals surface area contributed by atoms with E-state index in [4.69, 9.17) is 14.2 Å². The lowest BCUT2D eigenvalue weighted by atomic mass is 10.2. The van der Waals surface area contributed by atoms with E-state index in [1.807, 2.05) is 22.8 Å². The van der Waals surface area contributed by atoms with Crippen LogP contribution in [-0.4, -0.2) is 45.9 Å². The maximum atomic E-state index is 13.1. The molecule has 1 amide bonds. The van der Waals surface area contributed by atoms with Crippen LogP contribution in [0.25, 0.3) is 11.4 Å². The van der Waals surface area contributed by atoms with E-state index in [1.165, 1.54) is 36.0 Å². The maximum Gasteiger partial charge on any atom is 0.234 e. The first kappa shape index (κ1) is 20.8. The molecular formula is C22H21FN4O4S. The highest BCUT2D eigenvalue weighted by Crippen LogP contribution is 2.36. The number of fused-ring (bicyclic) bond motifs is 1. The van der Waals surface area contributed by atoms with Gasteiger partial charge in [0.15, 0.2) is 22.5 Å². The molecule has 8 nitrogen and oxygen atoms in total. The zero-order chi connectivity index (χ0) is 21.9. The summed E-state index contributed by atoms with van der Waals surface area (Å²) in [5.74, 6) is 1.63. The quantitative estimate of drug-likeness (QED) is 0.542. The fourth-order valence-corrected chi connectivity index (χ4v) is 4.41. The molecule has 0 spiro atoms. The molecule has 166 valence electrons. The lowest BCUT2D eigenvalue weighted by molar-refractivity contribution is -0.113. The molecule has 3 aromatic rings. The lowest BCUT2D eigenvalue weighted by Gasteiger charge is -2.15. The van der Waals surface area contributed by atoms with E-state index in [9.17, 15) is 9.18 Å². The predicted molar refractivity (Wildman–Crippen MR) is 116 cm³/mol. The second-order valence-electron chi connectivity index (χ2n) is 7.46. The van der Waals surface area contributed by atoms with E-state index in [2.05, 4.69) is 15.5 Å². The molecule has 1 unspecified atom stereocenters. The highest BCUT2D eigenvalue weighted by atomic mass is 32.2. The minimum Gasteiger partial charge on any atom is -0.454 e. The van der Waals surface area contributed by atoms with Crippen LogP contribution in [0.3, 0.4) is 0 Å². The number of halogens is 1. The van der Waals surface area contributed by atoms with Crippen molar-refractivity contribution in [3.05, 3.63) is 48.3 Å². The maximum absolute atomic E-state index is 13.1. The molecule has 0 radical (unpaired) electrons. The Morgan fingerprint density at radius 2 is 2.00 bits per heavy atom. The fourth-order valence-electron chi connectivity index (χ4n) is 3.66. The molecule has 32 heavy (non-hydrogen) atoms. The van der Waals surface area contributed by atoms with Crippen molar-refractivity contribution in [2.45, 2.75) is 30.6 Å². The molecule has 10 heteroatoms. The van der Waals surface area contributed by atoms with Crippen molar-refractivity contribution in [3.8, 4) is 22.9 Å². The Morgan fingerprint density at radius 3 is 2.81 bits per heavy atom. The smallest absolute Gasteiger partial charge is 0.234 e. The van der Waals surface area contributed by atoms with Crippen LogP contribution in [0.2, 0.25) is 0 Å². The van der Waals surface area contributed by atoms with Gasteiger partial charge in [0.2, 0.25) is 12.7 Å². The monoisotopic (exact) mass is 456 g/mol. The number of hydrogen-bond donors (Lipinski definition) is 1. The van der Waals surface area contributed by atoms with Gasteiger partial charge in [-0.05, 0) is 55.3 Å². The standard InChI is InChI=1S/C22H21FN4O4S/c23-15-4-6-16(7-5-15)24-20(28)12-32-22-26-25-21(27(22)11-17-2-1-9-29-17)14-3-8-18-19(10-14)31-13-30-18/h3-8,10,17H,1-2,9,11-13H2,(H,24,28). The first-order chi connectivity index (χ1) is 15.7. The molecule has 3 heterocycles. The summed E-state index contributed by atoms with van der Waals surface area (Å²) in [6, 6.07) is 11.3. The summed E-state index contributed by atoms with van der Waals surface area (Å²) in [5, 5.41) is 12.1. The second kappa shape index (κ2) is 9.17. The summed E-state index contributed by atoms with van der Waals surface area (Å²) in [7, 11) is 0. The van der Waals surface area contributed by atoms with Crippen molar-refractivity contribution < 1.29 is 23.4 Å². The van der Waals surface area contributed by atoms with Crippen LogP contribution >= 0.6 is 11.8 Å². The Labute approximate surface area is 188 Å². The van der Waals surface area contributed by atoms with Gasteiger partial charge in [-0.25, -0.2) is 4.39 Å². The van der Waals surface area contributed by atoms with Crippen LogP contribution in [0.4, 0.5) is 10.1 Å². The van der Waals surface area contributed by atoms with Crippen LogP contribution in [-0.2, 0) is 16.1 Å². The number of benzene rings is 2. The van der Waals surface area contributed by atoms with Crippen molar-refractivity contribution in [3.63, 3.8) is 0 Å². The number of carbonyl (C=O) groups excluding carboxylic acids is 1. The molecule has 1 aromatic heterocycles. The Bertz CT molecular complexity index is 1120. The number of carbonyl (C=O) groups is 1. The first-order valence-corrected chi connectivity index (χ1v) is 11.3. The first-order valence-electron chi connectivity index (χ1n) is 10.3. The zero-order valence-electron chi connectivity index (χ0n) is 17.1. The number of thioether (sulfide) groups is 1. The number of ether oxygens (including phenoxy) is 3. The molecule has 2 aromatic carbocycles. The molecule has 0 aliphatic carbocycles. The van der Waals surface area contributed by atoms with Crippen molar-refractivity contribution in [2.24, 2.45) is 0 Å². The van der Waals surface area contributed by atoms with Gasteiger partial charge < -0.3 is 19.5 Å². The van der Waals surface area contributed by atoms with Gasteiger partial charge in [0, 0.05) is 17.9 Å². The normalized spacial score (nSPS) is 17.0. The van der Waals surface area contributed by atoms with Gasteiger partial charge in [-0.15, -0.1) is 10.2 Å². The average Bonchev–Trinajstić information content (AvgIpc) is 3.55. The predicted octanol–water partition coefficient (Wildman–Crippen LogP) is 3.72. The fraction of sp³-hybridized carbons (Fsp3) is 0.318. The number of amides is 1. The van der Waals surface area contributed by atoms with Crippen LogP contribution in [0.15, 0.2) is 47.6 Å². The zero-order valence-corrected chi connectivity index (χ0v) is 17.9. The van der Waals surface area contributed by atoms with E-state index in [-0.39, 0.29) is 30.4 Å². The minimum atomic E-state index is -0.351. The summed E-state index contributed by atoms with van der Waals surface area (Å²) in [4.78, 5) is 12.4. The Hall–Kier alpha value is -3.11. The number of aromatic nitrogens is 3. The van der Waals surface area contributed by atoms with E-state index in [1.54, 1.807) is 0 Å². The van der Waals surface area contributed by atoms with Crippen LogP contribution < -0.4 is 14.8 Å². The van der Waals surface area contributed by atoms with Crippen LogP contribution in [0.1, 0.15) is 12.8 Å². The number of nitrogens with zero attached hydrogens (tertiary/aromatic N) is 3. The van der Waals surface area contributed by atoms with Crippen molar-refractivity contribution in [1.82, 2.24) is 14.8 Å². The molecule has 2 aliphatic rings. The third kappa shape index (κ3) is 4.56. The van der Waals surface area contributed by atoms with E-state index < -0.39 is 0 Å². The molecule has 5 rings (SSSR count).